The van der Waals surface area contributed by atoms with E-state index in [-0.39, 0.29) is 17.1 Å². The lowest BCUT2D eigenvalue weighted by atomic mass is 10.2. The highest BCUT2D eigenvalue weighted by Crippen LogP contribution is 2.39. The molecule has 2 N–H and O–H groups in total. The number of rotatable bonds is 7. The fourth-order valence-electron chi connectivity index (χ4n) is 1.98. The summed E-state index contributed by atoms with van der Waals surface area (Å²) in [6.07, 6.45) is 0.914. The molecule has 2 aromatic rings. The van der Waals surface area contributed by atoms with Crippen LogP contribution in [0.25, 0.3) is 0 Å². The molecule has 2 rings (SSSR count). The van der Waals surface area contributed by atoms with Crippen LogP contribution in [0.2, 0.25) is 0 Å². The number of nitro groups is 1. The number of anilines is 2. The van der Waals surface area contributed by atoms with Crippen LogP contribution in [0.4, 0.5) is 17.1 Å². The molecule has 11 heteroatoms. The van der Waals surface area contributed by atoms with E-state index in [1.807, 2.05) is 0 Å². The molecule has 0 atom stereocenters. The Morgan fingerprint density at radius 2 is 1.88 bits per heavy atom. The lowest BCUT2D eigenvalue weighted by molar-refractivity contribution is -0.384. The van der Waals surface area contributed by atoms with Gasteiger partial charge in [-0.1, -0.05) is 18.2 Å². The van der Waals surface area contributed by atoms with E-state index < -0.39 is 32.4 Å². The number of hydrogen-bond donors (Lipinski definition) is 2. The number of amides is 1. The van der Waals surface area contributed by atoms with Gasteiger partial charge in [-0.05, 0) is 18.2 Å². The highest BCUT2D eigenvalue weighted by molar-refractivity contribution is 7.92. The molecular formula is C15H14ClN3O6S. The van der Waals surface area contributed by atoms with Crippen molar-refractivity contribution in [3.8, 4) is 11.5 Å². The van der Waals surface area contributed by atoms with Gasteiger partial charge in [0.1, 0.15) is 17.3 Å². The molecule has 0 radical (unpaired) electrons. The predicted molar refractivity (Wildman–Crippen MR) is 97.4 cm³/mol. The minimum Gasteiger partial charge on any atom is -0.455 e. The van der Waals surface area contributed by atoms with Crippen molar-refractivity contribution >= 4 is 44.6 Å². The molecular weight excluding hydrogens is 386 g/mol. The summed E-state index contributed by atoms with van der Waals surface area (Å²) < 4.78 is 31.0. The average molecular weight is 400 g/mol. The van der Waals surface area contributed by atoms with Crippen LogP contribution in [0.15, 0.2) is 42.5 Å². The maximum absolute atomic E-state index is 11.6. The topological polar surface area (TPSA) is 128 Å². The van der Waals surface area contributed by atoms with Crippen molar-refractivity contribution in [2.45, 2.75) is 0 Å². The summed E-state index contributed by atoms with van der Waals surface area (Å²) in [6.45, 7) is 0. The minimum absolute atomic E-state index is 0.0770. The zero-order chi connectivity index (χ0) is 19.3. The van der Waals surface area contributed by atoms with E-state index in [0.29, 0.717) is 5.75 Å². The molecule has 0 aliphatic rings. The van der Waals surface area contributed by atoms with Crippen molar-refractivity contribution in [2.24, 2.45) is 0 Å². The van der Waals surface area contributed by atoms with E-state index in [1.54, 1.807) is 30.3 Å². The van der Waals surface area contributed by atoms with Gasteiger partial charge >= 0.3 is 0 Å². The quantitative estimate of drug-likeness (QED) is 0.418. The third-order valence-corrected chi connectivity index (χ3v) is 3.79. The summed E-state index contributed by atoms with van der Waals surface area (Å²) in [5.74, 6) is -0.862. The first-order valence-corrected chi connectivity index (χ1v) is 9.51. The van der Waals surface area contributed by atoms with Gasteiger partial charge in [0.15, 0.2) is 5.75 Å². The van der Waals surface area contributed by atoms with E-state index in [1.165, 1.54) is 0 Å². The monoisotopic (exact) mass is 399 g/mol. The second kappa shape index (κ2) is 8.02. The average Bonchev–Trinajstić information content (AvgIpc) is 2.56. The van der Waals surface area contributed by atoms with Crippen molar-refractivity contribution in [2.75, 3.05) is 22.2 Å². The third kappa shape index (κ3) is 5.33. The van der Waals surface area contributed by atoms with E-state index in [2.05, 4.69) is 10.0 Å². The lowest BCUT2D eigenvalue weighted by Crippen LogP contribution is -2.15. The van der Waals surface area contributed by atoms with Crippen LogP contribution in [0.3, 0.4) is 0 Å². The fourth-order valence-corrected chi connectivity index (χ4v) is 2.61. The van der Waals surface area contributed by atoms with Crippen LogP contribution in [-0.2, 0) is 14.8 Å². The number of nitrogens with zero attached hydrogens (tertiary/aromatic N) is 1. The van der Waals surface area contributed by atoms with Crippen LogP contribution < -0.4 is 14.8 Å². The predicted octanol–water partition coefficient (Wildman–Crippen LogP) is 2.94. The Morgan fingerprint density at radius 3 is 2.42 bits per heavy atom. The van der Waals surface area contributed by atoms with Crippen molar-refractivity contribution in [1.29, 1.82) is 0 Å². The molecule has 0 aliphatic heterocycles. The zero-order valence-corrected chi connectivity index (χ0v) is 15.0. The number of carbonyl (C=O) groups excluding carboxylic acids is 1. The molecule has 9 nitrogen and oxygen atoms in total. The standard InChI is InChI=1S/C15H14ClN3O6S/c1-26(23,24)18-12-7-11(17-15(20)9-16)13(19(21)22)8-14(12)25-10-5-3-2-4-6-10/h2-8,18H,9H2,1H3,(H,17,20). The number of benzene rings is 2. The third-order valence-electron chi connectivity index (χ3n) is 2.96. The van der Waals surface area contributed by atoms with Gasteiger partial charge in [-0.2, -0.15) is 0 Å². The largest absolute Gasteiger partial charge is 0.455 e. The Bertz CT molecular complexity index is 934. The van der Waals surface area contributed by atoms with Crippen molar-refractivity contribution in [1.82, 2.24) is 0 Å². The second-order valence-corrected chi connectivity index (χ2v) is 7.11. The van der Waals surface area contributed by atoms with Crippen molar-refractivity contribution < 1.29 is 22.9 Å². The molecule has 0 fully saturated rings. The summed E-state index contributed by atoms with van der Waals surface area (Å²) in [6, 6.07) is 10.4. The Labute approximate surface area is 154 Å². The number of nitrogens with one attached hydrogen (secondary N) is 2. The highest BCUT2D eigenvalue weighted by atomic mass is 35.5. The molecule has 0 aliphatic carbocycles. The maximum Gasteiger partial charge on any atom is 0.296 e. The number of sulfonamides is 1. The first kappa shape index (κ1) is 19.5. The second-order valence-electron chi connectivity index (χ2n) is 5.09. The van der Waals surface area contributed by atoms with E-state index in [0.717, 1.165) is 18.4 Å². The normalized spacial score (nSPS) is 10.8. The van der Waals surface area contributed by atoms with Gasteiger partial charge in [0.05, 0.1) is 22.9 Å². The van der Waals surface area contributed by atoms with E-state index in [4.69, 9.17) is 16.3 Å². The van der Waals surface area contributed by atoms with Crippen molar-refractivity contribution in [3.05, 3.63) is 52.6 Å². The molecule has 0 aromatic heterocycles. The Hall–Kier alpha value is -2.85. The first-order valence-electron chi connectivity index (χ1n) is 7.08. The van der Waals surface area contributed by atoms with Crippen LogP contribution in [0.1, 0.15) is 0 Å². The van der Waals surface area contributed by atoms with Crippen molar-refractivity contribution in [3.63, 3.8) is 0 Å². The van der Waals surface area contributed by atoms with Crippen LogP contribution in [0.5, 0.6) is 11.5 Å². The Balaban J connectivity index is 2.57. The van der Waals surface area contributed by atoms with Gasteiger partial charge in [-0.25, -0.2) is 8.42 Å². The summed E-state index contributed by atoms with van der Waals surface area (Å²) in [7, 11) is -3.71. The zero-order valence-electron chi connectivity index (χ0n) is 13.4. The molecule has 0 saturated heterocycles. The van der Waals surface area contributed by atoms with Crippen LogP contribution >= 0.6 is 11.6 Å². The molecule has 0 saturated carbocycles. The number of alkyl halides is 1. The Kier molecular flexibility index (Phi) is 6.01. The van der Waals surface area contributed by atoms with Gasteiger partial charge in [0.25, 0.3) is 5.69 Å². The first-order chi connectivity index (χ1) is 12.2. The highest BCUT2D eigenvalue weighted by Gasteiger charge is 2.22. The number of hydrogen-bond acceptors (Lipinski definition) is 6. The van der Waals surface area contributed by atoms with Crippen LogP contribution in [0, 0.1) is 10.1 Å². The molecule has 138 valence electrons. The molecule has 1 amide bonds. The van der Waals surface area contributed by atoms with Crippen LogP contribution in [-0.4, -0.2) is 31.4 Å². The molecule has 0 heterocycles. The maximum atomic E-state index is 11.6. The summed E-state index contributed by atoms with van der Waals surface area (Å²) in [4.78, 5) is 22.1. The molecule has 0 spiro atoms. The van der Waals surface area contributed by atoms with E-state index >= 15 is 0 Å². The van der Waals surface area contributed by atoms with Gasteiger partial charge < -0.3 is 10.1 Å². The van der Waals surface area contributed by atoms with Gasteiger partial charge in [-0.3, -0.25) is 19.6 Å². The van der Waals surface area contributed by atoms with Gasteiger partial charge in [-0.15, -0.1) is 11.6 Å². The summed E-state index contributed by atoms with van der Waals surface area (Å²) >= 11 is 5.40. The number of nitro benzene ring substituents is 1. The summed E-state index contributed by atoms with van der Waals surface area (Å²) in [5.41, 5.74) is -0.771. The van der Waals surface area contributed by atoms with Gasteiger partial charge in [0.2, 0.25) is 15.9 Å². The lowest BCUT2D eigenvalue weighted by Gasteiger charge is -2.14. The molecule has 0 unspecified atom stereocenters. The number of para-hydroxylation sites is 1. The summed E-state index contributed by atoms with van der Waals surface area (Å²) in [5, 5.41) is 13.6. The Morgan fingerprint density at radius 1 is 1.23 bits per heavy atom. The molecule has 2 aromatic carbocycles. The SMILES string of the molecule is CS(=O)(=O)Nc1cc(NC(=O)CCl)c([N+](=O)[O-])cc1Oc1ccccc1. The number of carbonyl (C=O) groups is 1. The minimum atomic E-state index is -3.71. The van der Waals surface area contributed by atoms with Gasteiger partial charge in [0, 0.05) is 0 Å². The smallest absolute Gasteiger partial charge is 0.296 e. The molecule has 26 heavy (non-hydrogen) atoms. The molecule has 0 bridgehead atoms. The number of ether oxygens (including phenoxy) is 1. The number of halogens is 1. The van der Waals surface area contributed by atoms with E-state index in [9.17, 15) is 23.3 Å². The fraction of sp³-hybridized carbons (Fsp3) is 0.133.